The summed E-state index contributed by atoms with van der Waals surface area (Å²) in [5.74, 6) is 0.156. The average Bonchev–Trinajstić information content (AvgIpc) is 3.10. The van der Waals surface area contributed by atoms with Crippen molar-refractivity contribution in [2.45, 2.75) is 77.4 Å². The first-order valence-corrected chi connectivity index (χ1v) is 17.9. The number of aromatic nitrogens is 1. The molecular weight excluding hydrogens is 651 g/mol. The van der Waals surface area contributed by atoms with Crippen LogP contribution >= 0.6 is 12.1 Å². The van der Waals surface area contributed by atoms with Gasteiger partial charge in [0.15, 0.2) is 0 Å². The Hall–Kier alpha value is -3.87. The second-order valence-electron chi connectivity index (χ2n) is 13.7. The molecule has 2 aromatic rings. The second kappa shape index (κ2) is 18.2. The molecule has 0 radical (unpaired) electrons. The van der Waals surface area contributed by atoms with Crippen molar-refractivity contribution in [1.82, 2.24) is 20.1 Å². The predicted octanol–water partition coefficient (Wildman–Crippen LogP) is 6.13. The van der Waals surface area contributed by atoms with Crippen LogP contribution in [0.4, 0.5) is 8.68 Å². The minimum atomic E-state index is -0.675. The molecule has 2 aliphatic heterocycles. The van der Waals surface area contributed by atoms with E-state index in [4.69, 9.17) is 14.2 Å². The number of nitrogens with one attached hydrogen (secondary N) is 1. The van der Waals surface area contributed by atoms with E-state index >= 15 is 0 Å². The molecule has 11 nitrogen and oxygen atoms in total. The standard InChI is InChI=1S/C36H49FN4O7S/c1-36(2,3)48-35(45)40-16-13-25(14-17-40)7-12-32(42)41-15-5-6-27(24-41)34(44)39-31(21-33(43)46-4)29-20-28(22-38-23-29)26-8-10-30(11-9-26)47-18-19-49-37/h8-11,20,22-23,25,27,31H,5-7,12-19,21,24H2,1-4H3,(H,39,44). The Labute approximate surface area is 292 Å². The van der Waals surface area contributed by atoms with E-state index < -0.39 is 23.5 Å². The van der Waals surface area contributed by atoms with Crippen molar-refractivity contribution >= 4 is 36.0 Å². The quantitative estimate of drug-likeness (QED) is 0.194. The lowest BCUT2D eigenvalue weighted by atomic mass is 9.91. The Morgan fingerprint density at radius 1 is 1.02 bits per heavy atom. The number of ether oxygens (including phenoxy) is 3. The van der Waals surface area contributed by atoms with Gasteiger partial charge in [-0.3, -0.25) is 19.4 Å². The molecule has 268 valence electrons. The molecular formula is C36H49FN4O7S. The number of methoxy groups -OCH3 is 1. The molecule has 2 saturated heterocycles. The maximum Gasteiger partial charge on any atom is 0.410 e. The van der Waals surface area contributed by atoms with Gasteiger partial charge in [-0.15, -0.1) is 0 Å². The number of likely N-dealkylation sites (tertiary alicyclic amines) is 2. The van der Waals surface area contributed by atoms with Crippen LogP contribution in [-0.4, -0.2) is 89.9 Å². The van der Waals surface area contributed by atoms with Gasteiger partial charge in [-0.25, -0.2) is 4.79 Å². The fourth-order valence-corrected chi connectivity index (χ4v) is 6.31. The van der Waals surface area contributed by atoms with Gasteiger partial charge in [-0.1, -0.05) is 12.1 Å². The van der Waals surface area contributed by atoms with Crippen LogP contribution in [0.3, 0.4) is 0 Å². The predicted molar refractivity (Wildman–Crippen MR) is 185 cm³/mol. The smallest absolute Gasteiger partial charge is 0.410 e. The molecule has 0 spiro atoms. The SMILES string of the molecule is COC(=O)CC(NC(=O)C1CCCN(C(=O)CCC2CCN(C(=O)OC(C)(C)C)CC2)C1)c1cncc(-c2ccc(OCCSF)cc2)c1. The number of hydrogen-bond acceptors (Lipinski definition) is 9. The molecule has 1 aromatic heterocycles. The minimum Gasteiger partial charge on any atom is -0.493 e. The number of benzene rings is 1. The first kappa shape index (κ1) is 37.9. The molecule has 0 aliphatic carbocycles. The van der Waals surface area contributed by atoms with Crippen LogP contribution in [0, 0.1) is 11.8 Å². The highest BCUT2D eigenvalue weighted by atomic mass is 32.2. The van der Waals surface area contributed by atoms with Crippen LogP contribution in [0.15, 0.2) is 42.7 Å². The van der Waals surface area contributed by atoms with E-state index in [2.05, 4.69) is 10.3 Å². The third-order valence-electron chi connectivity index (χ3n) is 8.87. The summed E-state index contributed by atoms with van der Waals surface area (Å²) in [5, 5.41) is 3.04. The summed E-state index contributed by atoms with van der Waals surface area (Å²) in [6.45, 7) is 7.99. The summed E-state index contributed by atoms with van der Waals surface area (Å²) in [7, 11) is 1.31. The van der Waals surface area contributed by atoms with E-state index in [1.54, 1.807) is 34.3 Å². The first-order chi connectivity index (χ1) is 23.5. The number of nitrogens with zero attached hydrogens (tertiary/aromatic N) is 3. The largest absolute Gasteiger partial charge is 0.493 e. The average molecular weight is 701 g/mol. The van der Waals surface area contributed by atoms with Crippen LogP contribution in [0.25, 0.3) is 11.1 Å². The van der Waals surface area contributed by atoms with Crippen LogP contribution in [-0.2, 0) is 23.9 Å². The summed E-state index contributed by atoms with van der Waals surface area (Å²) in [4.78, 5) is 59.5. The third kappa shape index (κ3) is 11.9. The summed E-state index contributed by atoms with van der Waals surface area (Å²) < 4.78 is 28.3. The number of halogens is 1. The van der Waals surface area contributed by atoms with Gasteiger partial charge in [-0.2, -0.15) is 3.89 Å². The molecule has 13 heteroatoms. The van der Waals surface area contributed by atoms with E-state index in [-0.39, 0.29) is 48.8 Å². The zero-order valence-electron chi connectivity index (χ0n) is 29.0. The van der Waals surface area contributed by atoms with Crippen LogP contribution in [0.1, 0.15) is 77.3 Å². The third-order valence-corrected chi connectivity index (χ3v) is 9.19. The molecule has 1 N–H and O–H groups in total. The zero-order chi connectivity index (χ0) is 35.4. The molecule has 1 aromatic carbocycles. The lowest BCUT2D eigenvalue weighted by Gasteiger charge is -2.35. The summed E-state index contributed by atoms with van der Waals surface area (Å²) in [5.41, 5.74) is 1.77. The Morgan fingerprint density at radius 3 is 2.43 bits per heavy atom. The van der Waals surface area contributed by atoms with Gasteiger partial charge >= 0.3 is 12.1 Å². The van der Waals surface area contributed by atoms with Gasteiger partial charge in [0.1, 0.15) is 11.4 Å². The molecule has 49 heavy (non-hydrogen) atoms. The Balaban J connectivity index is 1.32. The fraction of sp³-hybridized carbons (Fsp3) is 0.583. The normalized spacial score (nSPS) is 17.6. The van der Waals surface area contributed by atoms with Crippen molar-refractivity contribution in [3.8, 4) is 16.9 Å². The van der Waals surface area contributed by atoms with Gasteiger partial charge in [0.25, 0.3) is 0 Å². The minimum absolute atomic E-state index is 0.0350. The monoisotopic (exact) mass is 700 g/mol. The number of carbonyl (C=O) groups excluding carboxylic acids is 4. The number of carbonyl (C=O) groups is 4. The van der Waals surface area contributed by atoms with E-state index in [0.29, 0.717) is 62.7 Å². The number of hydrogen-bond donors (Lipinski definition) is 1. The Bertz CT molecular complexity index is 1410. The number of amides is 3. The number of pyridine rings is 1. The van der Waals surface area contributed by atoms with Gasteiger partial charge in [0, 0.05) is 62.7 Å². The molecule has 3 heterocycles. The topological polar surface area (TPSA) is 127 Å². The van der Waals surface area contributed by atoms with Gasteiger partial charge < -0.3 is 29.3 Å². The molecule has 2 fully saturated rings. The van der Waals surface area contributed by atoms with E-state index in [0.717, 1.165) is 30.4 Å². The van der Waals surface area contributed by atoms with Crippen molar-refractivity contribution in [1.29, 1.82) is 0 Å². The molecule has 2 aliphatic rings. The van der Waals surface area contributed by atoms with Gasteiger partial charge in [0.05, 0.1) is 37.9 Å². The highest BCUT2D eigenvalue weighted by Crippen LogP contribution is 2.28. The van der Waals surface area contributed by atoms with Crippen LogP contribution in [0.2, 0.25) is 0 Å². The highest BCUT2D eigenvalue weighted by molar-refractivity contribution is 7.94. The lowest BCUT2D eigenvalue weighted by molar-refractivity contribution is -0.141. The van der Waals surface area contributed by atoms with E-state index in [1.165, 1.54) is 7.11 Å². The molecule has 3 amide bonds. The summed E-state index contributed by atoms with van der Waals surface area (Å²) in [6, 6.07) is 8.53. The van der Waals surface area contributed by atoms with Gasteiger partial charge in [-0.05, 0) is 88.1 Å². The van der Waals surface area contributed by atoms with Crippen molar-refractivity contribution < 1.29 is 37.3 Å². The van der Waals surface area contributed by atoms with E-state index in [9.17, 15) is 23.1 Å². The summed E-state index contributed by atoms with van der Waals surface area (Å²) in [6.07, 6.45) is 7.11. The van der Waals surface area contributed by atoms with Crippen LogP contribution in [0.5, 0.6) is 5.75 Å². The molecule has 2 atom stereocenters. The molecule has 2 unspecified atom stereocenters. The number of esters is 1. The maximum atomic E-state index is 13.6. The van der Waals surface area contributed by atoms with E-state index in [1.807, 2.05) is 39.0 Å². The lowest BCUT2D eigenvalue weighted by Crippen LogP contribution is -2.46. The molecule has 0 bridgehead atoms. The van der Waals surface area contributed by atoms with Gasteiger partial charge in [0.2, 0.25) is 11.8 Å². The second-order valence-corrected chi connectivity index (χ2v) is 14.3. The van der Waals surface area contributed by atoms with Crippen molar-refractivity contribution in [3.63, 3.8) is 0 Å². The number of rotatable bonds is 13. The first-order valence-electron chi connectivity index (χ1n) is 17.0. The molecule has 0 saturated carbocycles. The maximum absolute atomic E-state index is 13.6. The molecule has 4 rings (SSSR count). The van der Waals surface area contributed by atoms with Crippen molar-refractivity contribution in [3.05, 3.63) is 48.3 Å². The van der Waals surface area contributed by atoms with Crippen molar-refractivity contribution in [2.24, 2.45) is 11.8 Å². The highest BCUT2D eigenvalue weighted by Gasteiger charge is 2.32. The zero-order valence-corrected chi connectivity index (χ0v) is 29.8. The fourth-order valence-electron chi connectivity index (χ4n) is 6.17. The Kier molecular flexibility index (Phi) is 14.1. The Morgan fingerprint density at radius 2 is 1.76 bits per heavy atom. The van der Waals surface area contributed by atoms with Crippen molar-refractivity contribution in [2.75, 3.05) is 45.6 Å². The summed E-state index contributed by atoms with van der Waals surface area (Å²) >= 11 is 0.228. The van der Waals surface area contributed by atoms with Crippen LogP contribution < -0.4 is 10.1 Å². The number of piperidine rings is 2.